The van der Waals surface area contributed by atoms with Gasteiger partial charge in [-0.2, -0.15) is 10.2 Å². The van der Waals surface area contributed by atoms with Crippen LogP contribution < -0.4 is 42.3 Å². The highest BCUT2D eigenvalue weighted by Gasteiger charge is 2.41. The molecule has 15 rings (SSSR count). The number of fused-ring (bicyclic) bond motifs is 8. The van der Waals surface area contributed by atoms with Crippen LogP contribution in [0.25, 0.3) is 56.0 Å². The van der Waals surface area contributed by atoms with Crippen LogP contribution in [-0.4, -0.2) is 37.6 Å². The second-order valence-electron chi connectivity index (χ2n) is 18.4. The van der Waals surface area contributed by atoms with Crippen LogP contribution >= 0.6 is 23.5 Å². The molecule has 4 aliphatic rings. The number of aromatic nitrogens is 5. The summed E-state index contributed by atoms with van der Waals surface area (Å²) in [5, 5.41) is 9.64. The normalized spacial score (nSPS) is 13.3. The Kier molecular flexibility index (Phi) is 8.79. The van der Waals surface area contributed by atoms with Gasteiger partial charge in [-0.1, -0.05) is 132 Å². The lowest BCUT2D eigenvalue weighted by Crippen LogP contribution is -2.58. The molecule has 328 valence electrons. The molecule has 11 heteroatoms. The van der Waals surface area contributed by atoms with E-state index in [0.717, 1.165) is 89.8 Å². The molecular formula is C59H37B2N5O2S2. The Hall–Kier alpha value is -8.11. The molecule has 3 aromatic heterocycles. The van der Waals surface area contributed by atoms with E-state index in [0.29, 0.717) is 0 Å². The van der Waals surface area contributed by atoms with Crippen molar-refractivity contribution in [1.82, 2.24) is 24.1 Å². The summed E-state index contributed by atoms with van der Waals surface area (Å²) in [5.74, 6) is 3.33. The van der Waals surface area contributed by atoms with Gasteiger partial charge in [-0.15, -0.1) is 0 Å². The fourth-order valence-electron chi connectivity index (χ4n) is 11.0. The lowest BCUT2D eigenvalue weighted by molar-refractivity contribution is 0.464. The lowest BCUT2D eigenvalue weighted by Gasteiger charge is -2.33. The maximum atomic E-state index is 6.67. The lowest BCUT2D eigenvalue weighted by atomic mass is 9.34. The van der Waals surface area contributed by atoms with Crippen molar-refractivity contribution in [3.63, 3.8) is 0 Å². The molecule has 8 aromatic carbocycles. The molecule has 70 heavy (non-hydrogen) atoms. The summed E-state index contributed by atoms with van der Waals surface area (Å²) >= 11 is 3.76. The van der Waals surface area contributed by atoms with Crippen molar-refractivity contribution in [3.05, 3.63) is 207 Å². The van der Waals surface area contributed by atoms with Crippen LogP contribution in [0.3, 0.4) is 0 Å². The molecule has 7 nitrogen and oxygen atoms in total. The Balaban J connectivity index is 0.799. The summed E-state index contributed by atoms with van der Waals surface area (Å²) in [4.78, 5) is 5.23. The third-order valence-corrected chi connectivity index (χ3v) is 16.6. The van der Waals surface area contributed by atoms with E-state index in [1.165, 1.54) is 41.5 Å². The number of rotatable bonds is 6. The van der Waals surface area contributed by atoms with Crippen LogP contribution in [0.15, 0.2) is 226 Å². The molecule has 11 aromatic rings. The van der Waals surface area contributed by atoms with E-state index in [1.54, 1.807) is 0 Å². The van der Waals surface area contributed by atoms with Gasteiger partial charge in [0.2, 0.25) is 6.71 Å². The van der Waals surface area contributed by atoms with E-state index in [4.69, 9.17) is 19.7 Å². The summed E-state index contributed by atoms with van der Waals surface area (Å²) in [6.45, 7) is -0.0221. The van der Waals surface area contributed by atoms with E-state index >= 15 is 0 Å². The van der Waals surface area contributed by atoms with Gasteiger partial charge in [-0.05, 0) is 123 Å². The fraction of sp³-hybridized carbons (Fsp3) is 0.0169. The number of aryl methyl sites for hydroxylation is 1. The molecule has 0 saturated carbocycles. The maximum Gasteiger partial charge on any atom is 0.260 e. The Morgan fingerprint density at radius 3 is 1.59 bits per heavy atom. The SMILES string of the molecule is Cn1cc(-c2ccc3c(c2)B2c4cc(-n5cc(-c6ccccc6)cn5)ccc4Oc4cccc(c42)O3)cc1-c1ccc2c(c1)B1c3cc(-n4cc(-c5ccccc5)cn4)ccc3Sc3cccc(c31)S2. The van der Waals surface area contributed by atoms with Crippen molar-refractivity contribution in [2.75, 3.05) is 0 Å². The molecular weight excluding hydrogens is 896 g/mol. The largest absolute Gasteiger partial charge is 0.458 e. The molecule has 0 saturated heterocycles. The highest BCUT2D eigenvalue weighted by molar-refractivity contribution is 8.01. The van der Waals surface area contributed by atoms with Crippen molar-refractivity contribution < 1.29 is 9.47 Å². The zero-order chi connectivity index (χ0) is 46.0. The summed E-state index contributed by atoms with van der Waals surface area (Å²) in [6.07, 6.45) is 10.4. The van der Waals surface area contributed by atoms with Gasteiger partial charge < -0.3 is 14.0 Å². The van der Waals surface area contributed by atoms with Crippen molar-refractivity contribution in [1.29, 1.82) is 0 Å². The maximum absolute atomic E-state index is 6.67. The Bertz CT molecular complexity index is 3930. The van der Waals surface area contributed by atoms with E-state index < -0.39 is 0 Å². The van der Waals surface area contributed by atoms with Gasteiger partial charge in [-0.3, -0.25) is 0 Å². The third kappa shape index (κ3) is 6.28. The standard InChI is InChI=1S/C59H37B2N5O2S2/c1-64-33-40(38-18-22-50-45(26-38)60-46-29-43(65-34-41(31-62-65)36-10-4-2-5-11-36)20-23-51(46)68-53-15-8-14-52(67-50)58(53)60)28-49(64)39-19-24-54-47(27-39)61-48-30-44(66-35-42(32-63-66)37-12-6-3-7-13-37)21-25-55(48)70-57-17-9-16-56(69-54)59(57)61/h2-35H,1H3. The average Bonchev–Trinajstić information content (AvgIpc) is 4.20. The number of hydrogen-bond donors (Lipinski definition) is 0. The Morgan fingerprint density at radius 2 is 0.914 bits per heavy atom. The summed E-state index contributed by atoms with van der Waals surface area (Å²) in [6, 6.07) is 63.0. The van der Waals surface area contributed by atoms with Gasteiger partial charge in [0.05, 0.1) is 23.8 Å². The molecule has 0 atom stereocenters. The highest BCUT2D eigenvalue weighted by atomic mass is 32.2. The number of ether oxygens (including phenoxy) is 2. The van der Waals surface area contributed by atoms with Gasteiger partial charge in [0.1, 0.15) is 23.0 Å². The second-order valence-corrected chi connectivity index (χ2v) is 20.5. The molecule has 4 aliphatic heterocycles. The summed E-state index contributed by atoms with van der Waals surface area (Å²) in [5.41, 5.74) is 18.4. The van der Waals surface area contributed by atoms with Gasteiger partial charge in [0.25, 0.3) is 6.71 Å². The molecule has 0 radical (unpaired) electrons. The number of nitrogens with zero attached hydrogens (tertiary/aromatic N) is 5. The quantitative estimate of drug-likeness (QED) is 0.155. The molecule has 0 amide bonds. The van der Waals surface area contributed by atoms with Crippen LogP contribution in [-0.2, 0) is 7.05 Å². The van der Waals surface area contributed by atoms with Crippen LogP contribution in [0.4, 0.5) is 0 Å². The zero-order valence-electron chi connectivity index (χ0n) is 37.7. The Labute approximate surface area is 413 Å². The molecule has 0 spiro atoms. The number of hydrogen-bond acceptors (Lipinski definition) is 6. The monoisotopic (exact) mass is 933 g/mol. The van der Waals surface area contributed by atoms with Crippen LogP contribution in [0, 0.1) is 0 Å². The molecule has 0 unspecified atom stereocenters. The van der Waals surface area contributed by atoms with Crippen molar-refractivity contribution in [2.24, 2.45) is 7.05 Å². The van der Waals surface area contributed by atoms with Crippen molar-refractivity contribution in [3.8, 4) is 79.0 Å². The smallest absolute Gasteiger partial charge is 0.260 e. The second kappa shape index (κ2) is 15.5. The minimum absolute atomic E-state index is 0.0815. The van der Waals surface area contributed by atoms with E-state index in [-0.39, 0.29) is 13.4 Å². The highest BCUT2D eigenvalue weighted by Crippen LogP contribution is 2.41. The van der Waals surface area contributed by atoms with Gasteiger partial charge >= 0.3 is 0 Å². The average molecular weight is 934 g/mol. The van der Waals surface area contributed by atoms with Gasteiger partial charge in [-0.25, -0.2) is 9.36 Å². The van der Waals surface area contributed by atoms with Gasteiger partial charge in [0.15, 0.2) is 0 Å². The molecule has 0 aliphatic carbocycles. The summed E-state index contributed by atoms with van der Waals surface area (Å²) < 4.78 is 19.5. The number of benzene rings is 8. The van der Waals surface area contributed by atoms with Gasteiger partial charge in [0, 0.05) is 67.5 Å². The first kappa shape index (κ1) is 39.8. The predicted molar refractivity (Wildman–Crippen MR) is 285 cm³/mol. The van der Waals surface area contributed by atoms with Crippen LogP contribution in [0.5, 0.6) is 23.0 Å². The van der Waals surface area contributed by atoms with E-state index in [2.05, 4.69) is 176 Å². The molecule has 0 bridgehead atoms. The fourth-order valence-corrected chi connectivity index (χ4v) is 13.3. The Morgan fingerprint density at radius 1 is 0.386 bits per heavy atom. The first-order chi connectivity index (χ1) is 34.5. The third-order valence-electron chi connectivity index (χ3n) is 14.3. The molecule has 7 heterocycles. The topological polar surface area (TPSA) is 59.0 Å². The zero-order valence-corrected chi connectivity index (χ0v) is 39.3. The van der Waals surface area contributed by atoms with Crippen LogP contribution in [0.2, 0.25) is 0 Å². The minimum Gasteiger partial charge on any atom is -0.458 e. The minimum atomic E-state index is -0.104. The first-order valence-electron chi connectivity index (χ1n) is 23.5. The molecule has 0 fully saturated rings. The van der Waals surface area contributed by atoms with Crippen LogP contribution in [0.1, 0.15) is 0 Å². The molecule has 0 N–H and O–H groups in total. The van der Waals surface area contributed by atoms with Crippen molar-refractivity contribution >= 4 is 69.7 Å². The van der Waals surface area contributed by atoms with E-state index in [9.17, 15) is 0 Å². The predicted octanol–water partition coefficient (Wildman–Crippen LogP) is 10.2. The van der Waals surface area contributed by atoms with E-state index in [1.807, 2.05) is 75.6 Å². The first-order valence-corrected chi connectivity index (χ1v) is 25.1. The summed E-state index contributed by atoms with van der Waals surface area (Å²) in [7, 11) is 2.16. The van der Waals surface area contributed by atoms with Crippen molar-refractivity contribution in [2.45, 2.75) is 19.6 Å².